The molecule has 2 aromatic carbocycles. The van der Waals surface area contributed by atoms with Gasteiger partial charge in [0.25, 0.3) is 11.8 Å². The Morgan fingerprint density at radius 3 is 2.38 bits per heavy atom. The number of benzene rings is 2. The summed E-state index contributed by atoms with van der Waals surface area (Å²) in [5.74, 6) is 2.25. The van der Waals surface area contributed by atoms with Crippen LogP contribution >= 0.6 is 0 Å². The zero-order chi connectivity index (χ0) is 17.4. The highest BCUT2D eigenvalue weighted by atomic mass is 19.1. The van der Waals surface area contributed by atoms with Crippen molar-refractivity contribution in [3.63, 3.8) is 0 Å². The van der Waals surface area contributed by atoms with Gasteiger partial charge in [0.2, 0.25) is 0 Å². The van der Waals surface area contributed by atoms with Gasteiger partial charge in [0.05, 0.1) is 5.56 Å². The molecule has 122 valence electrons. The first-order chi connectivity index (χ1) is 11.6. The van der Waals surface area contributed by atoms with Crippen molar-refractivity contribution in [3.05, 3.63) is 71.3 Å². The predicted octanol–water partition coefficient (Wildman–Crippen LogP) is 1.86. The third-order valence-corrected chi connectivity index (χ3v) is 2.97. The standard InChI is InChI=1S/C18H14F2N2O2/c19-14-7-8-15(16(20)12-14)18(24)22-11-10-21-17(23)9-6-13-4-2-1-3-5-13/h1-5,7-8,12H,10-11H2,(H,21,23)(H,22,24). The molecule has 0 saturated heterocycles. The van der Waals surface area contributed by atoms with Crippen LogP contribution in [0.2, 0.25) is 0 Å². The molecule has 0 spiro atoms. The Labute approximate surface area is 137 Å². The largest absolute Gasteiger partial charge is 0.350 e. The van der Waals surface area contributed by atoms with Gasteiger partial charge >= 0.3 is 0 Å². The van der Waals surface area contributed by atoms with Gasteiger partial charge in [-0.3, -0.25) is 9.59 Å². The van der Waals surface area contributed by atoms with E-state index in [1.165, 1.54) is 0 Å². The van der Waals surface area contributed by atoms with Gasteiger partial charge in [-0.1, -0.05) is 24.1 Å². The molecule has 4 nitrogen and oxygen atoms in total. The van der Waals surface area contributed by atoms with Gasteiger partial charge in [0.15, 0.2) is 0 Å². The van der Waals surface area contributed by atoms with Gasteiger partial charge < -0.3 is 10.6 Å². The molecule has 0 aliphatic carbocycles. The van der Waals surface area contributed by atoms with Crippen molar-refractivity contribution in [2.24, 2.45) is 0 Å². The van der Waals surface area contributed by atoms with Gasteiger partial charge in [-0.2, -0.15) is 0 Å². The van der Waals surface area contributed by atoms with Crippen molar-refractivity contribution in [2.45, 2.75) is 0 Å². The Morgan fingerprint density at radius 1 is 0.958 bits per heavy atom. The second-order valence-electron chi connectivity index (χ2n) is 4.75. The first-order valence-corrected chi connectivity index (χ1v) is 7.14. The van der Waals surface area contributed by atoms with Crippen LogP contribution in [0.15, 0.2) is 48.5 Å². The summed E-state index contributed by atoms with van der Waals surface area (Å²) in [5.41, 5.74) is 0.458. The lowest BCUT2D eigenvalue weighted by Crippen LogP contribution is -2.34. The molecule has 6 heteroatoms. The molecule has 2 aromatic rings. The zero-order valence-electron chi connectivity index (χ0n) is 12.6. The van der Waals surface area contributed by atoms with Crippen molar-refractivity contribution >= 4 is 11.8 Å². The van der Waals surface area contributed by atoms with Gasteiger partial charge in [0.1, 0.15) is 11.6 Å². The normalized spacial score (nSPS) is 9.58. The van der Waals surface area contributed by atoms with E-state index in [9.17, 15) is 18.4 Å². The molecule has 24 heavy (non-hydrogen) atoms. The van der Waals surface area contributed by atoms with Crippen LogP contribution in [0.1, 0.15) is 15.9 Å². The number of amides is 2. The SMILES string of the molecule is O=C(C#Cc1ccccc1)NCCNC(=O)c1ccc(F)cc1F. The fourth-order valence-corrected chi connectivity index (χ4v) is 1.82. The number of nitrogens with one attached hydrogen (secondary N) is 2. The van der Waals surface area contributed by atoms with Crippen molar-refractivity contribution in [3.8, 4) is 11.8 Å². The highest BCUT2D eigenvalue weighted by molar-refractivity contribution is 5.95. The molecule has 0 fully saturated rings. The van der Waals surface area contributed by atoms with E-state index in [-0.39, 0.29) is 18.7 Å². The quantitative estimate of drug-likeness (QED) is 0.665. The first kappa shape index (κ1) is 17.2. The van der Waals surface area contributed by atoms with Gasteiger partial charge in [-0.15, -0.1) is 0 Å². The lowest BCUT2D eigenvalue weighted by Gasteiger charge is -2.06. The average molecular weight is 328 g/mol. The van der Waals surface area contributed by atoms with Gasteiger partial charge in [0, 0.05) is 30.6 Å². The van der Waals surface area contributed by atoms with Crippen LogP contribution in [-0.4, -0.2) is 24.9 Å². The minimum absolute atomic E-state index is 0.0917. The molecule has 0 unspecified atom stereocenters. The average Bonchev–Trinajstić information content (AvgIpc) is 2.57. The van der Waals surface area contributed by atoms with Crippen molar-refractivity contribution < 1.29 is 18.4 Å². The van der Waals surface area contributed by atoms with E-state index in [0.29, 0.717) is 11.6 Å². The van der Waals surface area contributed by atoms with Gasteiger partial charge in [-0.05, 0) is 24.3 Å². The summed E-state index contributed by atoms with van der Waals surface area (Å²) in [6.07, 6.45) is 0. The topological polar surface area (TPSA) is 58.2 Å². The summed E-state index contributed by atoms with van der Waals surface area (Å²) < 4.78 is 26.2. The Morgan fingerprint density at radius 2 is 1.67 bits per heavy atom. The molecule has 2 rings (SSSR count). The van der Waals surface area contributed by atoms with E-state index in [0.717, 1.165) is 12.1 Å². The maximum atomic E-state index is 13.4. The number of carbonyl (C=O) groups is 2. The fraction of sp³-hybridized carbons (Fsp3) is 0.111. The summed E-state index contributed by atoms with van der Waals surface area (Å²) in [6, 6.07) is 11.7. The molecule has 0 atom stereocenters. The summed E-state index contributed by atoms with van der Waals surface area (Å²) in [6.45, 7) is 0.227. The Hall–Kier alpha value is -3.20. The van der Waals surface area contributed by atoms with Crippen LogP contribution in [0.4, 0.5) is 8.78 Å². The molecule has 0 radical (unpaired) electrons. The van der Waals surface area contributed by atoms with Crippen LogP contribution in [-0.2, 0) is 4.79 Å². The highest BCUT2D eigenvalue weighted by Crippen LogP contribution is 2.08. The number of halogens is 2. The number of hydrogen-bond donors (Lipinski definition) is 2. The van der Waals surface area contributed by atoms with Crippen LogP contribution in [0, 0.1) is 23.5 Å². The molecule has 0 bridgehead atoms. The Balaban J connectivity index is 1.75. The van der Waals surface area contributed by atoms with Gasteiger partial charge in [-0.25, -0.2) is 8.78 Å². The smallest absolute Gasteiger partial charge is 0.296 e. The maximum absolute atomic E-state index is 13.4. The third-order valence-electron chi connectivity index (χ3n) is 2.97. The lowest BCUT2D eigenvalue weighted by atomic mass is 10.2. The highest BCUT2D eigenvalue weighted by Gasteiger charge is 2.11. The third kappa shape index (κ3) is 5.21. The van der Waals surface area contributed by atoms with Crippen LogP contribution < -0.4 is 10.6 Å². The summed E-state index contributed by atoms with van der Waals surface area (Å²) in [5, 5.41) is 4.93. The van der Waals surface area contributed by atoms with Crippen LogP contribution in [0.3, 0.4) is 0 Å². The second-order valence-corrected chi connectivity index (χ2v) is 4.75. The van der Waals surface area contributed by atoms with Crippen LogP contribution in [0.25, 0.3) is 0 Å². The van der Waals surface area contributed by atoms with Crippen molar-refractivity contribution in [1.82, 2.24) is 10.6 Å². The number of rotatable bonds is 4. The number of hydrogen-bond acceptors (Lipinski definition) is 2. The first-order valence-electron chi connectivity index (χ1n) is 7.14. The Bertz CT molecular complexity index is 796. The molecule has 0 aliphatic heterocycles. The summed E-state index contributed by atoms with van der Waals surface area (Å²) in [4.78, 5) is 23.2. The predicted molar refractivity (Wildman–Crippen MR) is 85.0 cm³/mol. The molecular weight excluding hydrogens is 314 g/mol. The number of carbonyl (C=O) groups excluding carboxylic acids is 2. The molecule has 0 saturated carbocycles. The fourth-order valence-electron chi connectivity index (χ4n) is 1.82. The van der Waals surface area contributed by atoms with E-state index in [2.05, 4.69) is 22.5 Å². The molecule has 0 aromatic heterocycles. The van der Waals surface area contributed by atoms with Crippen LogP contribution in [0.5, 0.6) is 0 Å². The molecule has 2 N–H and O–H groups in total. The monoisotopic (exact) mass is 328 g/mol. The summed E-state index contributed by atoms with van der Waals surface area (Å²) in [7, 11) is 0. The van der Waals surface area contributed by atoms with E-state index in [4.69, 9.17) is 0 Å². The maximum Gasteiger partial charge on any atom is 0.296 e. The molecular formula is C18H14F2N2O2. The van der Waals surface area contributed by atoms with E-state index >= 15 is 0 Å². The summed E-state index contributed by atoms with van der Waals surface area (Å²) >= 11 is 0. The van der Waals surface area contributed by atoms with Crippen molar-refractivity contribution in [1.29, 1.82) is 0 Å². The zero-order valence-corrected chi connectivity index (χ0v) is 12.6. The van der Waals surface area contributed by atoms with E-state index in [1.54, 1.807) is 12.1 Å². The molecule has 2 amide bonds. The molecule has 0 heterocycles. The van der Waals surface area contributed by atoms with E-state index in [1.807, 2.05) is 18.2 Å². The Kier molecular flexibility index (Phi) is 6.03. The molecule has 0 aliphatic rings. The van der Waals surface area contributed by atoms with Crippen molar-refractivity contribution in [2.75, 3.05) is 13.1 Å². The van der Waals surface area contributed by atoms with E-state index < -0.39 is 23.4 Å². The minimum atomic E-state index is -0.940. The minimum Gasteiger partial charge on any atom is -0.350 e. The lowest BCUT2D eigenvalue weighted by molar-refractivity contribution is -0.115. The second kappa shape index (κ2) is 8.44.